The molecule has 1 aromatic heterocycles. The Morgan fingerprint density at radius 3 is 2.69 bits per heavy atom. The van der Waals surface area contributed by atoms with Gasteiger partial charge in [0.2, 0.25) is 0 Å². The first-order chi connectivity index (χ1) is 7.65. The summed E-state index contributed by atoms with van der Waals surface area (Å²) < 4.78 is 1.72. The van der Waals surface area contributed by atoms with E-state index in [0.717, 1.165) is 22.0 Å². The van der Waals surface area contributed by atoms with Gasteiger partial charge in [0.05, 0.1) is 5.52 Å². The number of nitrogens with zero attached hydrogens (tertiary/aromatic N) is 1. The summed E-state index contributed by atoms with van der Waals surface area (Å²) in [6, 6.07) is 7.96. The van der Waals surface area contributed by atoms with Crippen molar-refractivity contribution in [2.24, 2.45) is 0 Å². The number of fused-ring (bicyclic) bond motifs is 1. The highest BCUT2D eigenvalue weighted by molar-refractivity contribution is 6.02. The van der Waals surface area contributed by atoms with Crippen LogP contribution in [0, 0.1) is 6.92 Å². The Morgan fingerprint density at radius 2 is 2.00 bits per heavy atom. The second kappa shape index (κ2) is 3.97. The monoisotopic (exact) mass is 213 g/mol. The fourth-order valence-corrected chi connectivity index (χ4v) is 1.83. The molecule has 2 heteroatoms. The first-order valence-electron chi connectivity index (χ1n) is 5.39. The van der Waals surface area contributed by atoms with E-state index < -0.39 is 0 Å². The maximum Gasteiger partial charge on any atom is 0.257 e. The molecule has 82 valence electrons. The molecule has 0 spiro atoms. The zero-order valence-electron chi connectivity index (χ0n) is 9.82. The van der Waals surface area contributed by atoms with Gasteiger partial charge >= 0.3 is 0 Å². The molecular formula is C14H15NO. The summed E-state index contributed by atoms with van der Waals surface area (Å²) in [7, 11) is 0. The third-order valence-corrected chi connectivity index (χ3v) is 2.90. The van der Waals surface area contributed by atoms with Crippen molar-refractivity contribution in [3.05, 3.63) is 47.7 Å². The predicted molar refractivity (Wildman–Crippen MR) is 66.7 cm³/mol. The second-order valence-electron chi connectivity index (χ2n) is 3.98. The summed E-state index contributed by atoms with van der Waals surface area (Å²) in [5.74, 6) is 0.0480. The lowest BCUT2D eigenvalue weighted by molar-refractivity contribution is 0.0960. The number of carbonyl (C=O) groups is 1. The van der Waals surface area contributed by atoms with Crippen LogP contribution < -0.4 is 0 Å². The van der Waals surface area contributed by atoms with Crippen LogP contribution in [0.15, 0.2) is 42.1 Å². The number of carbonyl (C=O) groups excluding carboxylic acids is 1. The molecule has 2 nitrogen and oxygen atoms in total. The Balaban J connectivity index is 2.66. The van der Waals surface area contributed by atoms with Gasteiger partial charge in [0.15, 0.2) is 0 Å². The Kier molecular flexibility index (Phi) is 2.65. The average Bonchev–Trinajstić information content (AvgIpc) is 2.65. The van der Waals surface area contributed by atoms with E-state index >= 15 is 0 Å². The van der Waals surface area contributed by atoms with Gasteiger partial charge in [-0.25, -0.2) is 0 Å². The van der Waals surface area contributed by atoms with Crippen molar-refractivity contribution in [2.45, 2.75) is 20.8 Å². The van der Waals surface area contributed by atoms with Crippen molar-refractivity contribution < 1.29 is 4.79 Å². The first kappa shape index (κ1) is 10.7. The normalized spacial score (nSPS) is 12.1. The van der Waals surface area contributed by atoms with Crippen LogP contribution in [0.25, 0.3) is 10.9 Å². The molecule has 0 aliphatic rings. The lowest BCUT2D eigenvalue weighted by Gasteiger charge is -2.03. The number of allylic oxidation sites excluding steroid dienone is 2. The topological polar surface area (TPSA) is 22.0 Å². The van der Waals surface area contributed by atoms with Crippen LogP contribution in [0.1, 0.15) is 24.2 Å². The molecule has 0 atom stereocenters. The molecule has 0 fully saturated rings. The first-order valence-corrected chi connectivity index (χ1v) is 5.39. The lowest BCUT2D eigenvalue weighted by atomic mass is 10.2. The average molecular weight is 213 g/mol. The van der Waals surface area contributed by atoms with Gasteiger partial charge in [-0.2, -0.15) is 0 Å². The van der Waals surface area contributed by atoms with Crippen LogP contribution >= 0.6 is 0 Å². The van der Waals surface area contributed by atoms with Crippen LogP contribution in [0.4, 0.5) is 0 Å². The third-order valence-electron chi connectivity index (χ3n) is 2.90. The molecule has 0 radical (unpaired) electrons. The minimum atomic E-state index is 0.0480. The standard InChI is InChI=1S/C14H15NO/c1-4-10(2)14(16)15-9-11(3)12-7-5-6-8-13(12)15/h4-9H,1-3H3/b10-4+. The van der Waals surface area contributed by atoms with Gasteiger partial charge in [0.25, 0.3) is 5.91 Å². The molecule has 0 saturated heterocycles. The Labute approximate surface area is 95.2 Å². The van der Waals surface area contributed by atoms with Gasteiger partial charge in [-0.3, -0.25) is 9.36 Å². The van der Waals surface area contributed by atoms with Gasteiger partial charge in [-0.15, -0.1) is 0 Å². The number of hydrogen-bond donors (Lipinski definition) is 0. The van der Waals surface area contributed by atoms with Gasteiger partial charge in [-0.1, -0.05) is 24.3 Å². The third kappa shape index (κ3) is 1.56. The maximum atomic E-state index is 12.1. The molecule has 0 amide bonds. The second-order valence-corrected chi connectivity index (χ2v) is 3.98. The van der Waals surface area contributed by atoms with Crippen molar-refractivity contribution in [3.8, 4) is 0 Å². The molecule has 0 bridgehead atoms. The Morgan fingerprint density at radius 1 is 1.31 bits per heavy atom. The van der Waals surface area contributed by atoms with E-state index in [1.165, 1.54) is 0 Å². The molecule has 1 aromatic carbocycles. The molecule has 16 heavy (non-hydrogen) atoms. The highest BCUT2D eigenvalue weighted by Crippen LogP contribution is 2.21. The Bertz CT molecular complexity index is 575. The fourth-order valence-electron chi connectivity index (χ4n) is 1.83. The molecule has 0 unspecified atom stereocenters. The molecular weight excluding hydrogens is 198 g/mol. The minimum Gasteiger partial charge on any atom is -0.283 e. The molecule has 2 rings (SSSR count). The highest BCUT2D eigenvalue weighted by Gasteiger charge is 2.11. The van der Waals surface area contributed by atoms with Crippen LogP contribution in [-0.4, -0.2) is 10.5 Å². The summed E-state index contributed by atoms with van der Waals surface area (Å²) in [5, 5.41) is 1.14. The summed E-state index contributed by atoms with van der Waals surface area (Å²) in [4.78, 5) is 12.1. The van der Waals surface area contributed by atoms with Crippen molar-refractivity contribution in [2.75, 3.05) is 0 Å². The van der Waals surface area contributed by atoms with Crippen molar-refractivity contribution in [1.29, 1.82) is 0 Å². The molecule has 0 aliphatic heterocycles. The maximum absolute atomic E-state index is 12.1. The largest absolute Gasteiger partial charge is 0.283 e. The molecule has 0 N–H and O–H groups in total. The summed E-state index contributed by atoms with van der Waals surface area (Å²) in [6.45, 7) is 5.75. The van der Waals surface area contributed by atoms with E-state index in [0.29, 0.717) is 0 Å². The summed E-state index contributed by atoms with van der Waals surface area (Å²) >= 11 is 0. The summed E-state index contributed by atoms with van der Waals surface area (Å²) in [5.41, 5.74) is 2.87. The van der Waals surface area contributed by atoms with E-state index in [-0.39, 0.29) is 5.91 Å². The number of benzene rings is 1. The highest BCUT2D eigenvalue weighted by atomic mass is 16.2. The Hall–Kier alpha value is -1.83. The zero-order valence-corrected chi connectivity index (χ0v) is 9.82. The van der Waals surface area contributed by atoms with Gasteiger partial charge in [0.1, 0.15) is 0 Å². The zero-order chi connectivity index (χ0) is 11.7. The lowest BCUT2D eigenvalue weighted by Crippen LogP contribution is -2.10. The van der Waals surface area contributed by atoms with Crippen molar-refractivity contribution >= 4 is 16.8 Å². The smallest absolute Gasteiger partial charge is 0.257 e. The van der Waals surface area contributed by atoms with E-state index in [2.05, 4.69) is 0 Å². The summed E-state index contributed by atoms with van der Waals surface area (Å²) in [6.07, 6.45) is 3.74. The number of para-hydroxylation sites is 1. The van der Waals surface area contributed by atoms with Crippen molar-refractivity contribution in [1.82, 2.24) is 4.57 Å². The van der Waals surface area contributed by atoms with E-state index in [9.17, 15) is 4.79 Å². The number of aryl methyl sites for hydroxylation is 1. The van der Waals surface area contributed by atoms with Crippen LogP contribution in [0.2, 0.25) is 0 Å². The molecule has 0 saturated carbocycles. The molecule has 2 aromatic rings. The number of rotatable bonds is 1. The quantitative estimate of drug-likeness (QED) is 0.664. The fraction of sp³-hybridized carbons (Fsp3) is 0.214. The van der Waals surface area contributed by atoms with E-state index in [1.807, 2.05) is 57.3 Å². The van der Waals surface area contributed by atoms with E-state index in [1.54, 1.807) is 4.57 Å². The molecule has 0 aliphatic carbocycles. The number of hydrogen-bond acceptors (Lipinski definition) is 1. The van der Waals surface area contributed by atoms with Gasteiger partial charge < -0.3 is 0 Å². The number of aromatic nitrogens is 1. The van der Waals surface area contributed by atoms with Crippen LogP contribution in [0.3, 0.4) is 0 Å². The molecule has 1 heterocycles. The predicted octanol–water partition coefficient (Wildman–Crippen LogP) is 3.56. The van der Waals surface area contributed by atoms with E-state index in [4.69, 9.17) is 0 Å². The van der Waals surface area contributed by atoms with Crippen molar-refractivity contribution in [3.63, 3.8) is 0 Å². The van der Waals surface area contributed by atoms with Gasteiger partial charge in [0, 0.05) is 17.2 Å². The SMILES string of the molecule is C/C=C(\C)C(=O)n1cc(C)c2ccccc21. The van der Waals surface area contributed by atoms with Crippen LogP contribution in [0.5, 0.6) is 0 Å². The van der Waals surface area contributed by atoms with Crippen LogP contribution in [-0.2, 0) is 0 Å². The minimum absolute atomic E-state index is 0.0480. The van der Waals surface area contributed by atoms with Gasteiger partial charge in [-0.05, 0) is 32.4 Å².